The minimum atomic E-state index is -4.06. The summed E-state index contributed by atoms with van der Waals surface area (Å²) in [6.07, 6.45) is 1.51. The molecule has 0 atom stereocenters. The number of methoxy groups -OCH3 is 1. The second kappa shape index (κ2) is 12.4. The van der Waals surface area contributed by atoms with Gasteiger partial charge in [-0.1, -0.05) is 23.7 Å². The summed E-state index contributed by atoms with van der Waals surface area (Å²) in [5, 5.41) is 4.44. The summed E-state index contributed by atoms with van der Waals surface area (Å²) in [7, 11) is -2.57. The number of halogens is 1. The smallest absolute Gasteiger partial charge is 0.264 e. The number of sulfonamides is 1. The number of carbonyl (C=O) groups excluding carboxylic acids is 1. The highest BCUT2D eigenvalue weighted by atomic mass is 35.5. The number of rotatable bonds is 11. The van der Waals surface area contributed by atoms with Gasteiger partial charge in [-0.05, 0) is 80.1 Å². The molecule has 0 aliphatic carbocycles. The zero-order chi connectivity index (χ0) is 26.1. The molecule has 190 valence electrons. The molecule has 1 N–H and O–H groups in total. The molecule has 36 heavy (non-hydrogen) atoms. The van der Waals surface area contributed by atoms with Crippen molar-refractivity contribution in [2.75, 3.05) is 35.9 Å². The zero-order valence-electron chi connectivity index (χ0n) is 20.4. The number of anilines is 2. The van der Waals surface area contributed by atoms with Gasteiger partial charge >= 0.3 is 0 Å². The summed E-state index contributed by atoms with van der Waals surface area (Å²) in [5.74, 6) is -0.0812. The van der Waals surface area contributed by atoms with Gasteiger partial charge in [-0.2, -0.15) is 5.10 Å². The Kier molecular flexibility index (Phi) is 9.32. The van der Waals surface area contributed by atoms with Gasteiger partial charge in [0.05, 0.1) is 23.9 Å². The number of carbonyl (C=O) groups is 1. The van der Waals surface area contributed by atoms with Crippen LogP contribution in [-0.2, 0) is 14.8 Å². The molecule has 3 rings (SSSR count). The van der Waals surface area contributed by atoms with Crippen molar-refractivity contribution in [3.8, 4) is 5.75 Å². The summed E-state index contributed by atoms with van der Waals surface area (Å²) in [4.78, 5) is 14.9. The van der Waals surface area contributed by atoms with Crippen LogP contribution in [0, 0.1) is 0 Å². The lowest BCUT2D eigenvalue weighted by Crippen LogP contribution is -2.39. The van der Waals surface area contributed by atoms with Gasteiger partial charge in [0.25, 0.3) is 15.9 Å². The third kappa shape index (κ3) is 6.77. The van der Waals surface area contributed by atoms with Crippen molar-refractivity contribution >= 4 is 45.1 Å². The minimum Gasteiger partial charge on any atom is -0.497 e. The van der Waals surface area contributed by atoms with Gasteiger partial charge in [0.15, 0.2) is 0 Å². The summed E-state index contributed by atoms with van der Waals surface area (Å²) in [5.41, 5.74) is 4.60. The number of hydrazone groups is 1. The molecule has 0 aromatic heterocycles. The number of ether oxygens (including phenoxy) is 1. The van der Waals surface area contributed by atoms with Gasteiger partial charge in [0, 0.05) is 23.8 Å². The molecule has 0 aliphatic rings. The molecule has 0 heterocycles. The van der Waals surface area contributed by atoms with Crippen molar-refractivity contribution in [1.29, 1.82) is 0 Å². The lowest BCUT2D eigenvalue weighted by Gasteiger charge is -2.23. The van der Waals surface area contributed by atoms with Crippen LogP contribution >= 0.6 is 11.6 Å². The van der Waals surface area contributed by atoms with Crippen LogP contribution in [-0.4, -0.2) is 47.3 Å². The first-order valence-corrected chi connectivity index (χ1v) is 13.2. The molecule has 0 bridgehead atoms. The number of nitrogens with zero attached hydrogens (tertiary/aromatic N) is 3. The molecular weight excluding hydrogens is 500 g/mol. The zero-order valence-corrected chi connectivity index (χ0v) is 22.0. The highest BCUT2D eigenvalue weighted by Crippen LogP contribution is 2.26. The predicted octanol–water partition coefficient (Wildman–Crippen LogP) is 4.54. The standard InChI is InChI=1S/C26H29ClN4O4S/c1-4-30(5-2)22-10-6-20(7-11-22)18-28-29-26(32)19-31(23-12-8-21(27)9-13-23)36(33,34)25-16-14-24(35-3)15-17-25/h6-18H,4-5,19H2,1-3H3,(H,29,32)/b28-18+. The van der Waals surface area contributed by atoms with Crippen molar-refractivity contribution in [3.63, 3.8) is 0 Å². The normalized spacial score (nSPS) is 11.3. The number of hydrogen-bond acceptors (Lipinski definition) is 6. The van der Waals surface area contributed by atoms with Crippen LogP contribution in [0.1, 0.15) is 19.4 Å². The van der Waals surface area contributed by atoms with Gasteiger partial charge in [0.1, 0.15) is 12.3 Å². The van der Waals surface area contributed by atoms with E-state index in [1.165, 1.54) is 37.6 Å². The number of amides is 1. The van der Waals surface area contributed by atoms with Crippen LogP contribution < -0.4 is 19.4 Å². The highest BCUT2D eigenvalue weighted by molar-refractivity contribution is 7.92. The van der Waals surface area contributed by atoms with Crippen molar-refractivity contribution in [3.05, 3.63) is 83.4 Å². The Labute approximate surface area is 217 Å². The highest BCUT2D eigenvalue weighted by Gasteiger charge is 2.27. The first-order chi connectivity index (χ1) is 17.3. The largest absolute Gasteiger partial charge is 0.497 e. The predicted molar refractivity (Wildman–Crippen MR) is 145 cm³/mol. The molecule has 0 radical (unpaired) electrons. The van der Waals surface area contributed by atoms with E-state index in [4.69, 9.17) is 16.3 Å². The van der Waals surface area contributed by atoms with Crippen LogP contribution in [0.2, 0.25) is 5.02 Å². The molecule has 0 saturated carbocycles. The number of nitrogens with one attached hydrogen (secondary N) is 1. The topological polar surface area (TPSA) is 91.3 Å². The third-order valence-corrected chi connectivity index (χ3v) is 7.51. The van der Waals surface area contributed by atoms with Crippen molar-refractivity contribution in [2.24, 2.45) is 5.10 Å². The van der Waals surface area contributed by atoms with E-state index in [0.29, 0.717) is 16.5 Å². The van der Waals surface area contributed by atoms with Gasteiger partial charge < -0.3 is 9.64 Å². The molecule has 0 saturated heterocycles. The molecule has 0 unspecified atom stereocenters. The molecular formula is C26H29ClN4O4S. The Bertz CT molecular complexity index is 1280. The fourth-order valence-corrected chi connectivity index (χ4v) is 5.05. The minimum absolute atomic E-state index is 0.0165. The first-order valence-electron chi connectivity index (χ1n) is 11.4. The molecule has 0 spiro atoms. The lowest BCUT2D eigenvalue weighted by molar-refractivity contribution is -0.119. The fourth-order valence-electron chi connectivity index (χ4n) is 3.50. The maximum absolute atomic E-state index is 13.4. The summed E-state index contributed by atoms with van der Waals surface area (Å²) >= 11 is 5.97. The maximum Gasteiger partial charge on any atom is 0.264 e. The second-order valence-corrected chi connectivity index (χ2v) is 10.0. The Morgan fingerprint density at radius 1 is 0.944 bits per heavy atom. The van der Waals surface area contributed by atoms with Crippen molar-refractivity contribution in [2.45, 2.75) is 18.7 Å². The van der Waals surface area contributed by atoms with Crippen LogP contribution in [0.4, 0.5) is 11.4 Å². The monoisotopic (exact) mass is 528 g/mol. The Morgan fingerprint density at radius 3 is 2.08 bits per heavy atom. The average Bonchev–Trinajstić information content (AvgIpc) is 2.89. The molecule has 1 amide bonds. The van der Waals surface area contributed by atoms with E-state index in [1.807, 2.05) is 24.3 Å². The first kappa shape index (κ1) is 27.0. The van der Waals surface area contributed by atoms with E-state index in [0.717, 1.165) is 28.6 Å². The van der Waals surface area contributed by atoms with Gasteiger partial charge in [0.2, 0.25) is 0 Å². The van der Waals surface area contributed by atoms with Crippen LogP contribution in [0.15, 0.2) is 82.8 Å². The SMILES string of the molecule is CCN(CC)c1ccc(/C=N/NC(=O)CN(c2ccc(Cl)cc2)S(=O)(=O)c2ccc(OC)cc2)cc1. The third-order valence-electron chi connectivity index (χ3n) is 5.47. The second-order valence-electron chi connectivity index (χ2n) is 7.72. The average molecular weight is 529 g/mol. The van der Waals surface area contributed by atoms with Crippen molar-refractivity contribution < 1.29 is 17.9 Å². The van der Waals surface area contributed by atoms with E-state index in [-0.39, 0.29) is 4.90 Å². The fraction of sp³-hybridized carbons (Fsp3) is 0.231. The molecule has 3 aromatic rings. The van der Waals surface area contributed by atoms with E-state index >= 15 is 0 Å². The molecule has 8 nitrogen and oxygen atoms in total. The summed E-state index contributed by atoms with van der Waals surface area (Å²) in [6.45, 7) is 5.52. The quantitative estimate of drug-likeness (QED) is 0.291. The summed E-state index contributed by atoms with van der Waals surface area (Å²) < 4.78 is 32.9. The van der Waals surface area contributed by atoms with Gasteiger partial charge in [-0.3, -0.25) is 9.10 Å². The van der Waals surface area contributed by atoms with E-state index in [1.54, 1.807) is 24.3 Å². The Hall–Kier alpha value is -3.56. The van der Waals surface area contributed by atoms with Gasteiger partial charge in [-0.15, -0.1) is 0 Å². The van der Waals surface area contributed by atoms with Gasteiger partial charge in [-0.25, -0.2) is 13.8 Å². The van der Waals surface area contributed by atoms with Crippen LogP contribution in [0.3, 0.4) is 0 Å². The van der Waals surface area contributed by atoms with E-state index in [9.17, 15) is 13.2 Å². The van der Waals surface area contributed by atoms with E-state index < -0.39 is 22.5 Å². The molecule has 10 heteroatoms. The van der Waals surface area contributed by atoms with E-state index in [2.05, 4.69) is 29.3 Å². The summed E-state index contributed by atoms with van der Waals surface area (Å²) in [6, 6.07) is 19.9. The van der Waals surface area contributed by atoms with Crippen LogP contribution in [0.5, 0.6) is 5.75 Å². The van der Waals surface area contributed by atoms with Crippen molar-refractivity contribution in [1.82, 2.24) is 5.43 Å². The Balaban J connectivity index is 1.76. The molecule has 0 fully saturated rings. The van der Waals surface area contributed by atoms with Crippen LogP contribution in [0.25, 0.3) is 0 Å². The molecule has 0 aliphatic heterocycles. The lowest BCUT2D eigenvalue weighted by atomic mass is 10.2. The Morgan fingerprint density at radius 2 is 1.53 bits per heavy atom. The number of benzene rings is 3. The number of hydrogen-bond donors (Lipinski definition) is 1. The molecule has 3 aromatic carbocycles. The maximum atomic E-state index is 13.4.